The van der Waals surface area contributed by atoms with Gasteiger partial charge in [0.25, 0.3) is 0 Å². The molecule has 13 aromatic rings. The topological polar surface area (TPSA) is 43.1 Å². The summed E-state index contributed by atoms with van der Waals surface area (Å²) < 4.78 is 5.09. The van der Waals surface area contributed by atoms with E-state index in [-0.39, 0.29) is 0 Å². The van der Waals surface area contributed by atoms with Crippen molar-refractivity contribution < 1.29 is 0 Å². The van der Waals surface area contributed by atoms with Gasteiger partial charge in [0.2, 0.25) is 0 Å². The number of aromatic nitrogens is 4. The van der Waals surface area contributed by atoms with Crippen molar-refractivity contribution in [2.45, 2.75) is 0 Å². The van der Waals surface area contributed by atoms with Crippen molar-refractivity contribution in [2.75, 3.05) is 0 Å². The molecule has 4 heterocycles. The summed E-state index contributed by atoms with van der Waals surface area (Å²) in [5, 5.41) is 10.0. The lowest BCUT2D eigenvalue weighted by Crippen LogP contribution is -2.01. The Hall–Kier alpha value is -7.73. The molecule has 0 radical (unpaired) electrons. The molecule has 0 N–H and O–H groups in total. The average molecular weight is 781 g/mol. The standard InChI is InChI=1S/C55H32N4S/c1-2-13-34(14-3-1)40-18-6-7-20-45(40)55-57-53(38-17-10-16-36(31-38)37-25-24-33-12-4-5-15-35(33)30-37)56-54(58-55)39-26-27-42-43-21-11-23-48-50(43)51-49(60-48)29-28-44-41-19-8-9-22-46(41)59(52(44)51)47(42)32-39/h1-32H. The van der Waals surface area contributed by atoms with Crippen molar-refractivity contribution in [1.82, 2.24) is 19.4 Å². The minimum Gasteiger partial charge on any atom is -0.308 e. The quantitative estimate of drug-likeness (QED) is 0.175. The lowest BCUT2D eigenvalue weighted by atomic mass is 9.98. The molecule has 4 aromatic heterocycles. The smallest absolute Gasteiger partial charge is 0.164 e. The summed E-state index contributed by atoms with van der Waals surface area (Å²) in [4.78, 5) is 16.0. The molecule has 0 aliphatic rings. The van der Waals surface area contributed by atoms with Gasteiger partial charge in [0.1, 0.15) is 0 Å². The van der Waals surface area contributed by atoms with Gasteiger partial charge >= 0.3 is 0 Å². The second kappa shape index (κ2) is 12.9. The Morgan fingerprint density at radius 2 is 0.950 bits per heavy atom. The van der Waals surface area contributed by atoms with Crippen molar-refractivity contribution in [3.63, 3.8) is 0 Å². The van der Waals surface area contributed by atoms with Crippen molar-refractivity contribution in [1.29, 1.82) is 0 Å². The number of hydrogen-bond acceptors (Lipinski definition) is 4. The summed E-state index contributed by atoms with van der Waals surface area (Å²) >= 11 is 1.88. The molecule has 5 heteroatoms. The first-order valence-electron chi connectivity index (χ1n) is 20.3. The second-order valence-corrected chi connectivity index (χ2v) is 16.6. The maximum absolute atomic E-state index is 5.35. The van der Waals surface area contributed by atoms with E-state index in [1.165, 1.54) is 63.5 Å². The van der Waals surface area contributed by atoms with Gasteiger partial charge in [0.05, 0.1) is 16.6 Å². The monoisotopic (exact) mass is 780 g/mol. The number of hydrogen-bond donors (Lipinski definition) is 0. The van der Waals surface area contributed by atoms with Crippen LogP contribution in [0.2, 0.25) is 0 Å². The van der Waals surface area contributed by atoms with Gasteiger partial charge in [-0.2, -0.15) is 0 Å². The second-order valence-electron chi connectivity index (χ2n) is 15.6. The largest absolute Gasteiger partial charge is 0.308 e. The van der Waals surface area contributed by atoms with Crippen molar-refractivity contribution in [3.05, 3.63) is 194 Å². The highest BCUT2D eigenvalue weighted by Gasteiger charge is 2.22. The highest BCUT2D eigenvalue weighted by atomic mass is 32.1. The Morgan fingerprint density at radius 3 is 1.85 bits per heavy atom. The molecule has 0 aliphatic heterocycles. The van der Waals surface area contributed by atoms with Crippen LogP contribution in [0.5, 0.6) is 0 Å². The van der Waals surface area contributed by atoms with E-state index in [4.69, 9.17) is 15.0 Å². The molecular weight excluding hydrogens is 749 g/mol. The number of nitrogens with zero attached hydrogens (tertiary/aromatic N) is 4. The average Bonchev–Trinajstić information content (AvgIpc) is 3.83. The molecule has 60 heavy (non-hydrogen) atoms. The molecule has 0 saturated heterocycles. The van der Waals surface area contributed by atoms with E-state index in [9.17, 15) is 0 Å². The third kappa shape index (κ3) is 5.00. The molecule has 13 rings (SSSR count). The molecule has 0 unspecified atom stereocenters. The zero-order valence-corrected chi connectivity index (χ0v) is 33.0. The zero-order chi connectivity index (χ0) is 39.3. The Kier molecular flexibility index (Phi) is 7.14. The van der Waals surface area contributed by atoms with Gasteiger partial charge < -0.3 is 4.40 Å². The normalized spacial score (nSPS) is 12.0. The third-order valence-corrected chi connectivity index (χ3v) is 13.3. The first-order chi connectivity index (χ1) is 29.7. The van der Waals surface area contributed by atoms with Gasteiger partial charge in [-0.05, 0) is 74.8 Å². The number of benzene rings is 9. The van der Waals surface area contributed by atoms with E-state index in [0.29, 0.717) is 17.5 Å². The SMILES string of the molecule is c1ccc(-c2ccccc2-c2nc(-c3cccc(-c4ccc5ccccc5c4)c3)nc(-c3ccc4c5cccc6sc7ccc8c9ccccc9n(c4c3)c8c7c65)n2)cc1. The highest BCUT2D eigenvalue weighted by molar-refractivity contribution is 7.26. The van der Waals surface area contributed by atoms with Crippen LogP contribution in [-0.4, -0.2) is 19.4 Å². The van der Waals surface area contributed by atoms with E-state index in [1.54, 1.807) is 0 Å². The molecule has 0 fully saturated rings. The van der Waals surface area contributed by atoms with E-state index < -0.39 is 0 Å². The molecule has 0 saturated carbocycles. The van der Waals surface area contributed by atoms with E-state index in [1.807, 2.05) is 17.4 Å². The highest BCUT2D eigenvalue weighted by Crippen LogP contribution is 2.47. The van der Waals surface area contributed by atoms with Crippen LogP contribution >= 0.6 is 11.3 Å². The summed E-state index contributed by atoms with van der Waals surface area (Å²) in [5.74, 6) is 1.88. The predicted octanol–water partition coefficient (Wildman–Crippen LogP) is 14.9. The maximum Gasteiger partial charge on any atom is 0.164 e. The molecule has 0 spiro atoms. The summed E-state index contributed by atoms with van der Waals surface area (Å²) in [6.45, 7) is 0. The van der Waals surface area contributed by atoms with Crippen LogP contribution in [0.3, 0.4) is 0 Å². The van der Waals surface area contributed by atoms with E-state index >= 15 is 0 Å². The minimum absolute atomic E-state index is 0.624. The van der Waals surface area contributed by atoms with Crippen molar-refractivity contribution in [3.8, 4) is 56.4 Å². The van der Waals surface area contributed by atoms with Crippen LogP contribution in [0, 0.1) is 0 Å². The number of fused-ring (bicyclic) bond motifs is 7. The molecular formula is C55H32N4S. The Bertz CT molecular complexity index is 3840. The fraction of sp³-hybridized carbons (Fsp3) is 0. The lowest BCUT2D eigenvalue weighted by Gasteiger charge is -2.13. The molecule has 0 atom stereocenters. The van der Waals surface area contributed by atoms with E-state index in [0.717, 1.165) is 44.5 Å². The van der Waals surface area contributed by atoms with Gasteiger partial charge in [-0.25, -0.2) is 15.0 Å². The summed E-state index contributed by atoms with van der Waals surface area (Å²) in [6.07, 6.45) is 0. The molecule has 0 amide bonds. The van der Waals surface area contributed by atoms with E-state index in [2.05, 4.69) is 192 Å². The Morgan fingerprint density at radius 1 is 0.333 bits per heavy atom. The van der Waals surface area contributed by atoms with Gasteiger partial charge in [0, 0.05) is 53.0 Å². The van der Waals surface area contributed by atoms with Gasteiger partial charge in [-0.15, -0.1) is 11.3 Å². The van der Waals surface area contributed by atoms with Gasteiger partial charge in [-0.3, -0.25) is 0 Å². The fourth-order valence-electron chi connectivity index (χ4n) is 9.43. The summed E-state index contributed by atoms with van der Waals surface area (Å²) in [6, 6.07) is 69.5. The zero-order valence-electron chi connectivity index (χ0n) is 32.2. The van der Waals surface area contributed by atoms with Crippen LogP contribution in [0.1, 0.15) is 0 Å². The van der Waals surface area contributed by atoms with Crippen LogP contribution in [0.15, 0.2) is 194 Å². The van der Waals surface area contributed by atoms with Crippen molar-refractivity contribution >= 4 is 80.4 Å². The van der Waals surface area contributed by atoms with Crippen LogP contribution in [0.4, 0.5) is 0 Å². The molecule has 4 nitrogen and oxygen atoms in total. The predicted molar refractivity (Wildman–Crippen MR) is 252 cm³/mol. The number of rotatable bonds is 5. The molecule has 278 valence electrons. The van der Waals surface area contributed by atoms with Gasteiger partial charge in [0.15, 0.2) is 17.5 Å². The number of para-hydroxylation sites is 1. The lowest BCUT2D eigenvalue weighted by molar-refractivity contribution is 1.07. The molecule has 0 aliphatic carbocycles. The first kappa shape index (κ1) is 33.3. The fourth-order valence-corrected chi connectivity index (χ4v) is 10.6. The first-order valence-corrected chi connectivity index (χ1v) is 21.1. The van der Waals surface area contributed by atoms with Crippen molar-refractivity contribution in [2.24, 2.45) is 0 Å². The minimum atomic E-state index is 0.624. The van der Waals surface area contributed by atoms with Crippen LogP contribution in [-0.2, 0) is 0 Å². The third-order valence-electron chi connectivity index (χ3n) is 12.2. The summed E-state index contributed by atoms with van der Waals surface area (Å²) in [7, 11) is 0. The van der Waals surface area contributed by atoms with Crippen LogP contribution in [0.25, 0.3) is 125 Å². The maximum atomic E-state index is 5.35. The summed E-state index contributed by atoms with van der Waals surface area (Å²) in [5.41, 5.74) is 10.8. The van der Waals surface area contributed by atoms with Gasteiger partial charge in [-0.1, -0.05) is 158 Å². The molecule has 0 bridgehead atoms. The Labute approximate surface area is 348 Å². The number of thiophene rings is 1. The van der Waals surface area contributed by atoms with Crippen LogP contribution < -0.4 is 0 Å². The Balaban J connectivity index is 1.08. The molecule has 9 aromatic carbocycles.